The minimum absolute atomic E-state index is 0.0416. The Labute approximate surface area is 159 Å². The molecule has 1 amide bonds. The molecule has 2 aromatic rings. The van der Waals surface area contributed by atoms with Gasteiger partial charge in [0.05, 0.1) is 5.25 Å². The highest BCUT2D eigenvalue weighted by Gasteiger charge is 2.26. The van der Waals surface area contributed by atoms with E-state index < -0.39 is 0 Å². The molecule has 1 fully saturated rings. The van der Waals surface area contributed by atoms with Crippen molar-refractivity contribution in [2.45, 2.75) is 69.9 Å². The van der Waals surface area contributed by atoms with Crippen molar-refractivity contribution in [3.63, 3.8) is 0 Å². The van der Waals surface area contributed by atoms with Crippen molar-refractivity contribution in [1.82, 2.24) is 15.5 Å². The maximum Gasteiger partial charge on any atom is 0.277 e. The first-order chi connectivity index (χ1) is 12.4. The fraction of sp³-hybridized carbons (Fsp3) is 0.550. The Hall–Kier alpha value is -1.82. The average Bonchev–Trinajstić information content (AvgIpc) is 3.04. The standard InChI is InChI=1S/C20H27N3O2S/c1-12-9-13(2)11-16(10-12)19-22-23-20(25-19)26-15(4)18(24)21-17-8-6-5-7-14(17)3/h9-11,14-15,17H,5-8H2,1-4H3,(H,21,24)/t14-,15+,17-/m0/s1. The highest BCUT2D eigenvalue weighted by atomic mass is 32.2. The van der Waals surface area contributed by atoms with Gasteiger partial charge in [-0.05, 0) is 51.7 Å². The van der Waals surface area contributed by atoms with Crippen LogP contribution in [0.25, 0.3) is 11.5 Å². The molecule has 0 aliphatic heterocycles. The molecule has 0 spiro atoms. The van der Waals surface area contributed by atoms with E-state index in [9.17, 15) is 4.79 Å². The second kappa shape index (κ2) is 8.25. The van der Waals surface area contributed by atoms with Gasteiger partial charge in [0.25, 0.3) is 5.22 Å². The molecule has 0 radical (unpaired) electrons. The molecule has 1 aromatic heterocycles. The van der Waals surface area contributed by atoms with Crippen molar-refractivity contribution in [2.24, 2.45) is 5.92 Å². The average molecular weight is 374 g/mol. The van der Waals surface area contributed by atoms with Gasteiger partial charge in [-0.25, -0.2) is 0 Å². The van der Waals surface area contributed by atoms with Crippen molar-refractivity contribution in [2.75, 3.05) is 0 Å². The zero-order chi connectivity index (χ0) is 18.7. The number of hydrogen-bond acceptors (Lipinski definition) is 5. The second-order valence-corrected chi connectivity index (χ2v) is 8.68. The van der Waals surface area contributed by atoms with E-state index >= 15 is 0 Å². The van der Waals surface area contributed by atoms with E-state index in [1.54, 1.807) is 0 Å². The zero-order valence-corrected chi connectivity index (χ0v) is 16.7. The third-order valence-corrected chi connectivity index (χ3v) is 5.90. The third-order valence-electron chi connectivity index (χ3n) is 4.96. The number of rotatable bonds is 5. The molecule has 5 nitrogen and oxygen atoms in total. The van der Waals surface area contributed by atoms with Crippen molar-refractivity contribution < 1.29 is 9.21 Å². The van der Waals surface area contributed by atoms with Gasteiger partial charge in [0.15, 0.2) is 0 Å². The van der Waals surface area contributed by atoms with Crippen LogP contribution in [0.4, 0.5) is 0 Å². The summed E-state index contributed by atoms with van der Waals surface area (Å²) in [7, 11) is 0. The summed E-state index contributed by atoms with van der Waals surface area (Å²) in [5, 5.41) is 11.6. The van der Waals surface area contributed by atoms with Gasteiger partial charge in [0.1, 0.15) is 0 Å². The first-order valence-corrected chi connectivity index (χ1v) is 10.2. The van der Waals surface area contributed by atoms with Gasteiger partial charge in [0, 0.05) is 11.6 Å². The van der Waals surface area contributed by atoms with Crippen molar-refractivity contribution in [3.8, 4) is 11.5 Å². The van der Waals surface area contributed by atoms with Crippen LogP contribution < -0.4 is 5.32 Å². The lowest BCUT2D eigenvalue weighted by atomic mass is 9.86. The molecule has 1 aliphatic rings. The summed E-state index contributed by atoms with van der Waals surface area (Å²) in [6, 6.07) is 6.44. The largest absolute Gasteiger partial charge is 0.411 e. The second-order valence-electron chi connectivity index (χ2n) is 7.39. The smallest absolute Gasteiger partial charge is 0.277 e. The lowest BCUT2D eigenvalue weighted by molar-refractivity contribution is -0.121. The van der Waals surface area contributed by atoms with Gasteiger partial charge in [-0.3, -0.25) is 4.79 Å². The summed E-state index contributed by atoms with van der Waals surface area (Å²) >= 11 is 1.31. The van der Waals surface area contributed by atoms with E-state index in [0.717, 1.165) is 23.1 Å². The zero-order valence-electron chi connectivity index (χ0n) is 15.9. The molecule has 26 heavy (non-hydrogen) atoms. The lowest BCUT2D eigenvalue weighted by Crippen LogP contribution is -2.44. The Bertz CT molecular complexity index is 754. The van der Waals surface area contributed by atoms with E-state index in [4.69, 9.17) is 4.42 Å². The molecule has 1 heterocycles. The van der Waals surface area contributed by atoms with Crippen molar-refractivity contribution in [3.05, 3.63) is 29.3 Å². The quantitative estimate of drug-likeness (QED) is 0.780. The summed E-state index contributed by atoms with van der Waals surface area (Å²) in [6.07, 6.45) is 4.72. The van der Waals surface area contributed by atoms with Gasteiger partial charge in [-0.15, -0.1) is 10.2 Å². The number of nitrogens with zero attached hydrogens (tertiary/aromatic N) is 2. The number of hydrogen-bond donors (Lipinski definition) is 1. The SMILES string of the molecule is Cc1cc(C)cc(-c2nnc(S[C@H](C)C(=O)N[C@H]3CCCC[C@@H]3C)o2)c1. The topological polar surface area (TPSA) is 68.0 Å². The van der Waals surface area contributed by atoms with Crippen molar-refractivity contribution in [1.29, 1.82) is 0 Å². The molecule has 1 N–H and O–H groups in total. The van der Waals surface area contributed by atoms with Crippen LogP contribution >= 0.6 is 11.8 Å². The van der Waals surface area contributed by atoms with Crippen LogP contribution in [0.15, 0.2) is 27.8 Å². The summed E-state index contributed by atoms with van der Waals surface area (Å²) in [5.74, 6) is 1.08. The van der Waals surface area contributed by atoms with Crippen LogP contribution in [0.2, 0.25) is 0 Å². The van der Waals surface area contributed by atoms with Gasteiger partial charge in [-0.2, -0.15) is 0 Å². The molecule has 0 bridgehead atoms. The predicted octanol–water partition coefficient (Wildman–Crippen LogP) is 4.53. The van der Waals surface area contributed by atoms with E-state index in [0.29, 0.717) is 17.0 Å². The van der Waals surface area contributed by atoms with E-state index in [1.165, 1.54) is 31.0 Å². The molecular formula is C20H27N3O2S. The molecular weight excluding hydrogens is 346 g/mol. The first kappa shape index (κ1) is 19.0. The van der Waals surface area contributed by atoms with Crippen LogP contribution in [0, 0.1) is 19.8 Å². The monoisotopic (exact) mass is 373 g/mol. The van der Waals surface area contributed by atoms with Crippen molar-refractivity contribution >= 4 is 17.7 Å². The molecule has 3 atom stereocenters. The molecule has 3 rings (SSSR count). The maximum atomic E-state index is 12.5. The Kier molecular flexibility index (Phi) is 6.01. The van der Waals surface area contributed by atoms with E-state index in [1.807, 2.05) is 32.9 Å². The number of benzene rings is 1. The molecule has 1 saturated carbocycles. The summed E-state index contributed by atoms with van der Waals surface area (Å²) in [5.41, 5.74) is 3.22. The fourth-order valence-electron chi connectivity index (χ4n) is 3.51. The molecule has 6 heteroatoms. The Morgan fingerprint density at radius 2 is 1.88 bits per heavy atom. The first-order valence-electron chi connectivity index (χ1n) is 9.31. The summed E-state index contributed by atoms with van der Waals surface area (Å²) in [6.45, 7) is 8.19. The molecule has 1 aliphatic carbocycles. The van der Waals surface area contributed by atoms with E-state index in [-0.39, 0.29) is 17.2 Å². The molecule has 0 unspecified atom stereocenters. The number of thioether (sulfide) groups is 1. The van der Waals surface area contributed by atoms with Crippen LogP contribution in [-0.2, 0) is 4.79 Å². The Balaban J connectivity index is 1.62. The number of amides is 1. The number of carbonyl (C=O) groups is 1. The Morgan fingerprint density at radius 1 is 1.19 bits per heavy atom. The normalized spacial score (nSPS) is 21.4. The predicted molar refractivity (Wildman–Crippen MR) is 104 cm³/mol. The summed E-state index contributed by atoms with van der Waals surface area (Å²) in [4.78, 5) is 12.5. The van der Waals surface area contributed by atoms with Gasteiger partial charge in [-0.1, -0.05) is 48.7 Å². The summed E-state index contributed by atoms with van der Waals surface area (Å²) < 4.78 is 5.77. The van der Waals surface area contributed by atoms with Crippen LogP contribution in [0.3, 0.4) is 0 Å². The highest BCUT2D eigenvalue weighted by Crippen LogP contribution is 2.28. The molecule has 1 aromatic carbocycles. The highest BCUT2D eigenvalue weighted by molar-refractivity contribution is 8.00. The lowest BCUT2D eigenvalue weighted by Gasteiger charge is -2.30. The van der Waals surface area contributed by atoms with Crippen LogP contribution in [0.5, 0.6) is 0 Å². The van der Waals surface area contributed by atoms with Gasteiger partial charge in [0.2, 0.25) is 11.8 Å². The number of aryl methyl sites for hydroxylation is 2. The van der Waals surface area contributed by atoms with E-state index in [2.05, 4.69) is 28.5 Å². The number of aromatic nitrogens is 2. The third kappa shape index (κ3) is 4.67. The maximum absolute atomic E-state index is 12.5. The van der Waals surface area contributed by atoms with Gasteiger partial charge >= 0.3 is 0 Å². The number of carbonyl (C=O) groups excluding carboxylic acids is 1. The van der Waals surface area contributed by atoms with Crippen LogP contribution in [-0.4, -0.2) is 27.4 Å². The van der Waals surface area contributed by atoms with Gasteiger partial charge < -0.3 is 9.73 Å². The fourth-order valence-corrected chi connectivity index (χ4v) is 4.20. The molecule has 0 saturated heterocycles. The van der Waals surface area contributed by atoms with Crippen LogP contribution in [0.1, 0.15) is 50.7 Å². The number of nitrogens with one attached hydrogen (secondary N) is 1. The Morgan fingerprint density at radius 3 is 2.58 bits per heavy atom. The molecule has 140 valence electrons. The minimum atomic E-state index is -0.267. The minimum Gasteiger partial charge on any atom is -0.411 e.